The number of nitrogens with one attached hydrogen (secondary N) is 1. The average Bonchev–Trinajstić information content (AvgIpc) is 3.15. The highest BCUT2D eigenvalue weighted by Crippen LogP contribution is 2.18. The minimum Gasteiger partial charge on any atom is -0.339 e. The Morgan fingerprint density at radius 3 is 2.32 bits per heavy atom. The van der Waals surface area contributed by atoms with Gasteiger partial charge < -0.3 is 9.80 Å². The minimum atomic E-state index is 0.0111. The van der Waals surface area contributed by atoms with Gasteiger partial charge in [-0.05, 0) is 29.8 Å². The zero-order valence-electron chi connectivity index (χ0n) is 15.8. The third kappa shape index (κ3) is 3.67. The molecule has 0 atom stereocenters. The highest BCUT2D eigenvalue weighted by Gasteiger charge is 2.23. The number of nitrogens with zero attached hydrogens (tertiary/aromatic N) is 3. The van der Waals surface area contributed by atoms with E-state index in [0.29, 0.717) is 31.7 Å². The summed E-state index contributed by atoms with van der Waals surface area (Å²) in [4.78, 5) is 27.7. The predicted octanol–water partition coefficient (Wildman–Crippen LogP) is 3.04. The zero-order chi connectivity index (χ0) is 19.5. The van der Waals surface area contributed by atoms with Crippen LogP contribution in [0, 0.1) is 0 Å². The molecule has 1 aromatic heterocycles. The summed E-state index contributed by atoms with van der Waals surface area (Å²) in [6.45, 7) is 3.91. The molecule has 1 saturated heterocycles. The Hall–Kier alpha value is -3.41. The van der Waals surface area contributed by atoms with Crippen LogP contribution >= 0.6 is 0 Å². The highest BCUT2D eigenvalue weighted by atomic mass is 16.2. The van der Waals surface area contributed by atoms with E-state index < -0.39 is 0 Å². The van der Waals surface area contributed by atoms with E-state index in [2.05, 4.69) is 10.2 Å². The Balaban J connectivity index is 1.42. The fourth-order valence-corrected chi connectivity index (χ4v) is 3.43. The quantitative estimate of drug-likeness (QED) is 0.766. The van der Waals surface area contributed by atoms with Crippen molar-refractivity contribution in [3.05, 3.63) is 65.4 Å². The number of carbonyl (C=O) groups is 2. The summed E-state index contributed by atoms with van der Waals surface area (Å²) in [6, 6.07) is 15.6. The van der Waals surface area contributed by atoms with Crippen LogP contribution < -0.4 is 0 Å². The van der Waals surface area contributed by atoms with Crippen LogP contribution in [0.25, 0.3) is 23.1 Å². The zero-order valence-corrected chi connectivity index (χ0v) is 15.8. The molecule has 0 bridgehead atoms. The number of aromatic amines is 1. The first kappa shape index (κ1) is 18.0. The van der Waals surface area contributed by atoms with Crippen molar-refractivity contribution in [1.29, 1.82) is 0 Å². The second kappa shape index (κ2) is 7.68. The van der Waals surface area contributed by atoms with Gasteiger partial charge in [0.15, 0.2) is 0 Å². The lowest BCUT2D eigenvalue weighted by molar-refractivity contribution is -0.130. The standard InChI is InChI=1S/C22H22N4O2/c1-16(27)25-12-14-26(15-13-25)22(28)18-9-6-17(7-10-18)8-11-21-19-4-2-3-5-20(19)23-24-21/h2-11H,12-15H2,1H3,(H,23,24)/b11-8+. The number of hydrogen-bond acceptors (Lipinski definition) is 3. The van der Waals surface area contributed by atoms with Crippen molar-refractivity contribution in [3.8, 4) is 0 Å². The summed E-state index contributed by atoms with van der Waals surface area (Å²) in [7, 11) is 0. The molecule has 1 aliphatic heterocycles. The summed E-state index contributed by atoms with van der Waals surface area (Å²) in [5, 5.41) is 8.43. The molecule has 28 heavy (non-hydrogen) atoms. The summed E-state index contributed by atoms with van der Waals surface area (Å²) >= 11 is 0. The van der Waals surface area contributed by atoms with Gasteiger partial charge in [-0.2, -0.15) is 5.10 Å². The summed E-state index contributed by atoms with van der Waals surface area (Å²) in [5.41, 5.74) is 3.57. The molecule has 4 rings (SSSR count). The van der Waals surface area contributed by atoms with Crippen molar-refractivity contribution >= 4 is 34.9 Å². The topological polar surface area (TPSA) is 69.3 Å². The molecular formula is C22H22N4O2. The molecule has 2 amide bonds. The Bertz CT molecular complexity index is 1030. The van der Waals surface area contributed by atoms with Crippen molar-refractivity contribution in [3.63, 3.8) is 0 Å². The monoisotopic (exact) mass is 374 g/mol. The first-order chi connectivity index (χ1) is 13.6. The van der Waals surface area contributed by atoms with Crippen molar-refractivity contribution < 1.29 is 9.59 Å². The molecule has 2 heterocycles. The molecule has 0 aliphatic carbocycles. The van der Waals surface area contributed by atoms with Gasteiger partial charge in [0.05, 0.1) is 11.2 Å². The maximum absolute atomic E-state index is 12.7. The van der Waals surface area contributed by atoms with Crippen molar-refractivity contribution in [2.45, 2.75) is 6.92 Å². The van der Waals surface area contributed by atoms with Gasteiger partial charge in [-0.25, -0.2) is 0 Å². The normalized spacial score (nSPS) is 14.8. The number of H-pyrrole nitrogens is 1. The maximum Gasteiger partial charge on any atom is 0.253 e. The molecule has 1 fully saturated rings. The summed E-state index contributed by atoms with van der Waals surface area (Å²) in [6.07, 6.45) is 3.96. The van der Waals surface area contributed by atoms with E-state index in [-0.39, 0.29) is 11.8 Å². The number of carbonyl (C=O) groups excluding carboxylic acids is 2. The number of amides is 2. The molecule has 142 valence electrons. The van der Waals surface area contributed by atoms with Gasteiger partial charge in [-0.1, -0.05) is 36.4 Å². The predicted molar refractivity (Wildman–Crippen MR) is 110 cm³/mol. The maximum atomic E-state index is 12.7. The lowest BCUT2D eigenvalue weighted by Crippen LogP contribution is -2.50. The lowest BCUT2D eigenvalue weighted by atomic mass is 10.1. The Morgan fingerprint density at radius 2 is 1.61 bits per heavy atom. The van der Waals surface area contributed by atoms with Crippen LogP contribution in [0.3, 0.4) is 0 Å². The van der Waals surface area contributed by atoms with Gasteiger partial charge in [0.2, 0.25) is 5.91 Å². The molecule has 0 spiro atoms. The van der Waals surface area contributed by atoms with Crippen LogP contribution in [0.5, 0.6) is 0 Å². The molecule has 6 nitrogen and oxygen atoms in total. The number of hydrogen-bond donors (Lipinski definition) is 1. The molecule has 1 aliphatic rings. The van der Waals surface area contributed by atoms with E-state index in [1.165, 1.54) is 0 Å². The smallest absolute Gasteiger partial charge is 0.253 e. The molecular weight excluding hydrogens is 352 g/mol. The van der Waals surface area contributed by atoms with Crippen LogP contribution in [-0.4, -0.2) is 58.0 Å². The van der Waals surface area contributed by atoms with Gasteiger partial charge in [0.25, 0.3) is 5.91 Å². The van der Waals surface area contributed by atoms with Gasteiger partial charge in [-0.3, -0.25) is 14.7 Å². The van der Waals surface area contributed by atoms with E-state index in [1.807, 2.05) is 60.7 Å². The second-order valence-electron chi connectivity index (χ2n) is 6.91. The van der Waals surface area contributed by atoms with E-state index in [0.717, 1.165) is 22.2 Å². The van der Waals surface area contributed by atoms with Gasteiger partial charge in [0, 0.05) is 44.1 Å². The average molecular weight is 374 g/mol. The van der Waals surface area contributed by atoms with E-state index >= 15 is 0 Å². The van der Waals surface area contributed by atoms with Gasteiger partial charge in [-0.15, -0.1) is 0 Å². The van der Waals surface area contributed by atoms with Crippen LogP contribution in [0.2, 0.25) is 0 Å². The number of benzene rings is 2. The molecule has 6 heteroatoms. The van der Waals surface area contributed by atoms with Crippen LogP contribution in [-0.2, 0) is 4.79 Å². The van der Waals surface area contributed by atoms with Crippen LogP contribution in [0.1, 0.15) is 28.5 Å². The fourth-order valence-electron chi connectivity index (χ4n) is 3.43. The number of rotatable bonds is 3. The Labute approximate surface area is 163 Å². The largest absolute Gasteiger partial charge is 0.339 e. The first-order valence-electron chi connectivity index (χ1n) is 9.38. The molecule has 0 radical (unpaired) electrons. The Morgan fingerprint density at radius 1 is 0.929 bits per heavy atom. The second-order valence-corrected chi connectivity index (χ2v) is 6.91. The number of fused-ring (bicyclic) bond motifs is 1. The summed E-state index contributed by atoms with van der Waals surface area (Å²) in [5.74, 6) is 0.0740. The lowest BCUT2D eigenvalue weighted by Gasteiger charge is -2.34. The highest BCUT2D eigenvalue weighted by molar-refractivity contribution is 5.95. The van der Waals surface area contributed by atoms with Crippen molar-refractivity contribution in [1.82, 2.24) is 20.0 Å². The third-order valence-electron chi connectivity index (χ3n) is 5.10. The van der Waals surface area contributed by atoms with Gasteiger partial charge >= 0.3 is 0 Å². The Kier molecular flexibility index (Phi) is 4.93. The first-order valence-corrected chi connectivity index (χ1v) is 9.38. The third-order valence-corrected chi connectivity index (χ3v) is 5.10. The van der Waals surface area contributed by atoms with E-state index in [4.69, 9.17) is 0 Å². The number of piperazine rings is 1. The van der Waals surface area contributed by atoms with Crippen molar-refractivity contribution in [2.75, 3.05) is 26.2 Å². The van der Waals surface area contributed by atoms with Crippen LogP contribution in [0.4, 0.5) is 0 Å². The minimum absolute atomic E-state index is 0.0111. The SMILES string of the molecule is CC(=O)N1CCN(C(=O)c2ccc(/C=C/c3n[nH]c4ccccc34)cc2)CC1. The fraction of sp³-hybridized carbons (Fsp3) is 0.227. The summed E-state index contributed by atoms with van der Waals surface area (Å²) < 4.78 is 0. The van der Waals surface area contributed by atoms with Crippen LogP contribution in [0.15, 0.2) is 48.5 Å². The van der Waals surface area contributed by atoms with E-state index in [9.17, 15) is 9.59 Å². The molecule has 3 aromatic rings. The van der Waals surface area contributed by atoms with Crippen molar-refractivity contribution in [2.24, 2.45) is 0 Å². The van der Waals surface area contributed by atoms with Gasteiger partial charge in [0.1, 0.15) is 0 Å². The molecule has 0 saturated carbocycles. The number of aromatic nitrogens is 2. The number of para-hydroxylation sites is 1. The van der Waals surface area contributed by atoms with E-state index in [1.54, 1.807) is 16.7 Å². The molecule has 0 unspecified atom stereocenters. The molecule has 2 aromatic carbocycles. The molecule has 1 N–H and O–H groups in total.